The van der Waals surface area contributed by atoms with Crippen LogP contribution in [0.3, 0.4) is 0 Å². The molecular weight excluding hydrogens is 342 g/mol. The van der Waals surface area contributed by atoms with Crippen LogP contribution in [0.15, 0.2) is 54.7 Å². The van der Waals surface area contributed by atoms with E-state index in [1.54, 1.807) is 0 Å². The van der Waals surface area contributed by atoms with Crippen LogP contribution in [0.5, 0.6) is 0 Å². The first-order chi connectivity index (χ1) is 13.7. The van der Waals surface area contributed by atoms with E-state index in [0.717, 1.165) is 18.6 Å². The summed E-state index contributed by atoms with van der Waals surface area (Å²) >= 11 is 0. The zero-order chi connectivity index (χ0) is 19.1. The lowest BCUT2D eigenvalue weighted by Crippen LogP contribution is -2.26. The largest absolute Gasteiger partial charge is 0.354 e. The third kappa shape index (κ3) is 3.00. The molecule has 2 N–H and O–H groups in total. The summed E-state index contributed by atoms with van der Waals surface area (Å²) in [6.07, 6.45) is 4.32. The minimum absolute atomic E-state index is 0.455. The number of aromatic nitrogens is 2. The molecule has 1 fully saturated rings. The normalized spacial score (nSPS) is 15.7. The zero-order valence-corrected chi connectivity index (χ0v) is 16.6. The molecule has 0 aliphatic carbocycles. The van der Waals surface area contributed by atoms with Crippen LogP contribution in [0.1, 0.15) is 49.7 Å². The quantitative estimate of drug-likeness (QED) is 0.467. The van der Waals surface area contributed by atoms with Gasteiger partial charge in [-0.15, -0.1) is 0 Å². The van der Waals surface area contributed by atoms with Gasteiger partial charge in [0.1, 0.15) is 0 Å². The molecule has 3 heteroatoms. The Kier molecular flexibility index (Phi) is 4.40. The van der Waals surface area contributed by atoms with Crippen molar-refractivity contribution in [1.82, 2.24) is 15.3 Å². The lowest BCUT2D eigenvalue weighted by atomic mass is 9.88. The van der Waals surface area contributed by atoms with Crippen LogP contribution >= 0.6 is 0 Å². The van der Waals surface area contributed by atoms with Crippen LogP contribution in [0.25, 0.3) is 33.1 Å². The first-order valence-corrected chi connectivity index (χ1v) is 10.4. The number of pyridine rings is 1. The van der Waals surface area contributed by atoms with Crippen molar-refractivity contribution in [2.45, 2.75) is 38.5 Å². The Bertz CT molecular complexity index is 1130. The maximum Gasteiger partial charge on any atom is 0.0702 e. The Morgan fingerprint density at radius 1 is 1.00 bits per heavy atom. The molecule has 4 aromatic rings. The van der Waals surface area contributed by atoms with Crippen molar-refractivity contribution in [2.75, 3.05) is 13.1 Å². The molecule has 2 aromatic heterocycles. The SMILES string of the molecule is CC(C)c1c(-c2ccc3ncccc3c2)[nH]c2ccc(C3CCNCC3)cc12. The molecule has 0 unspecified atom stereocenters. The van der Waals surface area contributed by atoms with Crippen molar-refractivity contribution in [2.24, 2.45) is 0 Å². The second-order valence-electron chi connectivity index (χ2n) is 8.31. The Morgan fingerprint density at radius 3 is 2.68 bits per heavy atom. The maximum absolute atomic E-state index is 4.46. The van der Waals surface area contributed by atoms with E-state index in [4.69, 9.17) is 0 Å². The minimum Gasteiger partial charge on any atom is -0.354 e. The highest BCUT2D eigenvalue weighted by atomic mass is 14.9. The molecule has 3 heterocycles. The molecule has 2 aromatic carbocycles. The van der Waals surface area contributed by atoms with Gasteiger partial charge in [0.15, 0.2) is 0 Å². The van der Waals surface area contributed by atoms with E-state index in [9.17, 15) is 0 Å². The van der Waals surface area contributed by atoms with Gasteiger partial charge in [-0.25, -0.2) is 0 Å². The zero-order valence-electron chi connectivity index (χ0n) is 16.6. The predicted octanol–water partition coefficient (Wildman–Crippen LogP) is 5.97. The Morgan fingerprint density at radius 2 is 1.86 bits per heavy atom. The summed E-state index contributed by atoms with van der Waals surface area (Å²) in [7, 11) is 0. The molecular formula is C25H27N3. The number of hydrogen-bond acceptors (Lipinski definition) is 2. The van der Waals surface area contributed by atoms with Gasteiger partial charge in [-0.05, 0) is 84.8 Å². The number of rotatable bonds is 3. The van der Waals surface area contributed by atoms with E-state index in [0.29, 0.717) is 11.8 Å². The lowest BCUT2D eigenvalue weighted by Gasteiger charge is -2.23. The van der Waals surface area contributed by atoms with E-state index >= 15 is 0 Å². The third-order valence-electron chi connectivity index (χ3n) is 6.14. The van der Waals surface area contributed by atoms with Crippen LogP contribution < -0.4 is 5.32 Å². The van der Waals surface area contributed by atoms with Gasteiger partial charge in [0, 0.05) is 28.2 Å². The maximum atomic E-state index is 4.46. The molecule has 142 valence electrons. The second kappa shape index (κ2) is 7.06. The number of H-pyrrole nitrogens is 1. The molecule has 1 saturated heterocycles. The number of aromatic amines is 1. The number of piperidine rings is 1. The molecule has 0 spiro atoms. The molecule has 0 radical (unpaired) electrons. The van der Waals surface area contributed by atoms with Gasteiger partial charge in [-0.1, -0.05) is 32.0 Å². The number of fused-ring (bicyclic) bond motifs is 2. The highest BCUT2D eigenvalue weighted by molar-refractivity contribution is 5.94. The van der Waals surface area contributed by atoms with Gasteiger partial charge in [-0.2, -0.15) is 0 Å². The van der Waals surface area contributed by atoms with Crippen LogP contribution in [0.2, 0.25) is 0 Å². The number of benzene rings is 2. The predicted molar refractivity (Wildman–Crippen MR) is 118 cm³/mol. The van der Waals surface area contributed by atoms with Crippen LogP contribution in [0, 0.1) is 0 Å². The molecule has 1 aliphatic heterocycles. The monoisotopic (exact) mass is 369 g/mol. The number of nitrogens with zero attached hydrogens (tertiary/aromatic N) is 1. The highest BCUT2D eigenvalue weighted by Gasteiger charge is 2.20. The first kappa shape index (κ1) is 17.4. The van der Waals surface area contributed by atoms with Crippen molar-refractivity contribution in [1.29, 1.82) is 0 Å². The molecule has 1 aliphatic rings. The minimum atomic E-state index is 0.455. The molecule has 0 amide bonds. The van der Waals surface area contributed by atoms with Gasteiger partial charge < -0.3 is 10.3 Å². The van der Waals surface area contributed by atoms with Crippen LogP contribution in [-0.2, 0) is 0 Å². The molecule has 3 nitrogen and oxygen atoms in total. The van der Waals surface area contributed by atoms with E-state index in [2.05, 4.69) is 71.6 Å². The standard InChI is InChI=1S/C25H27N3/c1-16(2)24-21-15-18(17-9-12-26-13-10-17)5-8-23(21)28-25(24)20-6-7-22-19(14-20)4-3-11-27-22/h3-8,11,14-17,26,28H,9-10,12-13H2,1-2H3. The van der Waals surface area contributed by atoms with Crippen molar-refractivity contribution in [3.05, 3.63) is 65.9 Å². The average Bonchev–Trinajstić information content (AvgIpc) is 3.13. The summed E-state index contributed by atoms with van der Waals surface area (Å²) in [5.41, 5.74) is 7.68. The van der Waals surface area contributed by atoms with E-state index in [1.807, 2.05) is 12.3 Å². The van der Waals surface area contributed by atoms with Gasteiger partial charge in [0.25, 0.3) is 0 Å². The molecule has 0 atom stereocenters. The van der Waals surface area contributed by atoms with Crippen LogP contribution in [0.4, 0.5) is 0 Å². The molecule has 5 rings (SSSR count). The van der Waals surface area contributed by atoms with E-state index in [-0.39, 0.29) is 0 Å². The van der Waals surface area contributed by atoms with Crippen molar-refractivity contribution in [3.8, 4) is 11.3 Å². The third-order valence-corrected chi connectivity index (χ3v) is 6.14. The van der Waals surface area contributed by atoms with Gasteiger partial charge in [0.05, 0.1) is 5.52 Å². The Hall–Kier alpha value is -2.65. The first-order valence-electron chi connectivity index (χ1n) is 10.4. The second-order valence-corrected chi connectivity index (χ2v) is 8.31. The van der Waals surface area contributed by atoms with Crippen molar-refractivity contribution < 1.29 is 0 Å². The smallest absolute Gasteiger partial charge is 0.0702 e. The Balaban J connectivity index is 1.66. The topological polar surface area (TPSA) is 40.7 Å². The Labute approximate surface area is 166 Å². The average molecular weight is 370 g/mol. The van der Waals surface area contributed by atoms with Gasteiger partial charge in [0.2, 0.25) is 0 Å². The summed E-state index contributed by atoms with van der Waals surface area (Å²) in [6.45, 7) is 6.85. The summed E-state index contributed by atoms with van der Waals surface area (Å²) in [6, 6.07) is 17.8. The fraction of sp³-hybridized carbons (Fsp3) is 0.320. The van der Waals surface area contributed by atoms with Gasteiger partial charge in [-0.3, -0.25) is 4.98 Å². The van der Waals surface area contributed by atoms with Crippen molar-refractivity contribution >= 4 is 21.8 Å². The highest BCUT2D eigenvalue weighted by Crippen LogP contribution is 2.38. The molecule has 28 heavy (non-hydrogen) atoms. The van der Waals surface area contributed by atoms with Crippen molar-refractivity contribution in [3.63, 3.8) is 0 Å². The number of hydrogen-bond donors (Lipinski definition) is 2. The van der Waals surface area contributed by atoms with E-state index < -0.39 is 0 Å². The summed E-state index contributed by atoms with van der Waals surface area (Å²) in [4.78, 5) is 8.19. The summed E-state index contributed by atoms with van der Waals surface area (Å²) in [5, 5.41) is 6.05. The number of nitrogens with one attached hydrogen (secondary N) is 2. The van der Waals surface area contributed by atoms with E-state index in [1.165, 1.54) is 51.5 Å². The fourth-order valence-corrected chi connectivity index (χ4v) is 4.70. The fourth-order valence-electron chi connectivity index (χ4n) is 4.70. The molecule has 0 bridgehead atoms. The summed E-state index contributed by atoms with van der Waals surface area (Å²) < 4.78 is 0. The van der Waals surface area contributed by atoms with Crippen LogP contribution in [-0.4, -0.2) is 23.1 Å². The summed E-state index contributed by atoms with van der Waals surface area (Å²) in [5.74, 6) is 1.13. The lowest BCUT2D eigenvalue weighted by molar-refractivity contribution is 0.460. The molecule has 0 saturated carbocycles. The van der Waals surface area contributed by atoms with Gasteiger partial charge >= 0.3 is 0 Å².